The Labute approximate surface area is 81.8 Å². The van der Waals surface area contributed by atoms with Crippen molar-refractivity contribution in [3.8, 4) is 0 Å². The second-order valence-electron chi connectivity index (χ2n) is 4.23. The van der Waals surface area contributed by atoms with E-state index in [0.29, 0.717) is 12.0 Å². The molecule has 1 rings (SSSR count). The van der Waals surface area contributed by atoms with Gasteiger partial charge in [0.2, 0.25) is 0 Å². The summed E-state index contributed by atoms with van der Waals surface area (Å²) in [5.41, 5.74) is 0. The summed E-state index contributed by atoms with van der Waals surface area (Å²) in [5, 5.41) is 8.05. The highest BCUT2D eigenvalue weighted by atomic mass is 15.2. The summed E-state index contributed by atoms with van der Waals surface area (Å²) in [4.78, 5) is 2.15. The van der Waals surface area contributed by atoms with Gasteiger partial charge in [-0.25, -0.2) is 0 Å². The molecule has 1 aliphatic carbocycles. The van der Waals surface area contributed by atoms with Crippen LogP contribution >= 0.6 is 0 Å². The smallest absolute Gasteiger partial charge is 0.0989 e. The van der Waals surface area contributed by atoms with Gasteiger partial charge in [0, 0.05) is 19.0 Å². The Kier molecular flexibility index (Phi) is 3.76. The molecule has 0 heterocycles. The van der Waals surface area contributed by atoms with Crippen molar-refractivity contribution in [3.63, 3.8) is 0 Å². The maximum Gasteiger partial charge on any atom is 0.0989 e. The molecule has 0 amide bonds. The molecule has 1 atom stereocenters. The van der Waals surface area contributed by atoms with E-state index in [9.17, 15) is 0 Å². The lowest BCUT2D eigenvalue weighted by atomic mass is 10.1. The first-order valence-corrected chi connectivity index (χ1v) is 5.48. The Morgan fingerprint density at radius 1 is 1.46 bits per heavy atom. The molecule has 1 aliphatic rings. The van der Waals surface area contributed by atoms with Crippen LogP contribution in [0.3, 0.4) is 0 Å². The third-order valence-electron chi connectivity index (χ3n) is 3.37. The van der Waals surface area contributed by atoms with Crippen LogP contribution < -0.4 is 0 Å². The molecule has 0 spiro atoms. The fourth-order valence-electron chi connectivity index (χ4n) is 2.00. The monoisotopic (exact) mass is 182 g/mol. The topological polar surface area (TPSA) is 27.1 Å². The molecular formula is C11H22N2. The van der Waals surface area contributed by atoms with E-state index in [1.165, 1.54) is 25.7 Å². The van der Waals surface area contributed by atoms with Crippen molar-refractivity contribution in [2.75, 3.05) is 7.05 Å². The highest BCUT2D eigenvalue weighted by molar-refractivity contribution is 5.81. The predicted octanol–water partition coefficient (Wildman–Crippen LogP) is 2.88. The summed E-state index contributed by atoms with van der Waals surface area (Å²) in [5.74, 6) is 1.42. The number of nitrogens with zero attached hydrogens (tertiary/aromatic N) is 1. The van der Waals surface area contributed by atoms with E-state index in [0.717, 1.165) is 12.3 Å². The zero-order valence-corrected chi connectivity index (χ0v) is 9.14. The summed E-state index contributed by atoms with van der Waals surface area (Å²) in [6.45, 7) is 4.38. The van der Waals surface area contributed by atoms with Crippen molar-refractivity contribution < 1.29 is 0 Å². The lowest BCUT2D eigenvalue weighted by Crippen LogP contribution is -2.37. The van der Waals surface area contributed by atoms with Gasteiger partial charge in [-0.1, -0.05) is 19.8 Å². The number of rotatable bonds is 3. The molecule has 13 heavy (non-hydrogen) atoms. The molecule has 0 saturated heterocycles. The molecule has 76 valence electrons. The molecule has 1 saturated carbocycles. The first-order valence-electron chi connectivity index (χ1n) is 5.48. The predicted molar refractivity (Wildman–Crippen MR) is 57.2 cm³/mol. The lowest BCUT2D eigenvalue weighted by Gasteiger charge is -2.29. The third kappa shape index (κ3) is 2.45. The van der Waals surface area contributed by atoms with Gasteiger partial charge in [0.05, 0.1) is 5.84 Å². The van der Waals surface area contributed by atoms with Crippen LogP contribution in [-0.2, 0) is 0 Å². The molecule has 0 aromatic heterocycles. The van der Waals surface area contributed by atoms with Gasteiger partial charge in [-0.3, -0.25) is 5.41 Å². The van der Waals surface area contributed by atoms with Crippen molar-refractivity contribution >= 4 is 5.84 Å². The first-order chi connectivity index (χ1) is 6.16. The molecule has 0 aromatic rings. The molecule has 0 aliphatic heterocycles. The van der Waals surface area contributed by atoms with Crippen LogP contribution in [0.4, 0.5) is 0 Å². The minimum absolute atomic E-state index is 0.521. The van der Waals surface area contributed by atoms with Crippen molar-refractivity contribution in [1.82, 2.24) is 4.90 Å². The number of amidine groups is 1. The molecule has 1 unspecified atom stereocenters. The van der Waals surface area contributed by atoms with Crippen molar-refractivity contribution in [3.05, 3.63) is 0 Å². The minimum Gasteiger partial charge on any atom is -0.361 e. The van der Waals surface area contributed by atoms with Crippen LogP contribution in [0.5, 0.6) is 0 Å². The fraction of sp³-hybridized carbons (Fsp3) is 0.909. The third-order valence-corrected chi connectivity index (χ3v) is 3.37. The van der Waals surface area contributed by atoms with E-state index in [1.54, 1.807) is 0 Å². The SMILES string of the molecule is CCC(C)N(C)C(=N)C1CCCC1. The maximum absolute atomic E-state index is 8.05. The van der Waals surface area contributed by atoms with Gasteiger partial charge in [-0.15, -0.1) is 0 Å². The molecule has 0 bridgehead atoms. The summed E-state index contributed by atoms with van der Waals surface area (Å²) in [6.07, 6.45) is 6.24. The summed E-state index contributed by atoms with van der Waals surface area (Å²) in [6, 6.07) is 0.521. The van der Waals surface area contributed by atoms with E-state index in [2.05, 4.69) is 25.8 Å². The zero-order chi connectivity index (χ0) is 9.84. The Morgan fingerprint density at radius 2 is 2.00 bits per heavy atom. The quantitative estimate of drug-likeness (QED) is 0.527. The Hall–Kier alpha value is -0.530. The van der Waals surface area contributed by atoms with Crippen LogP contribution in [0.1, 0.15) is 46.0 Å². The number of hydrogen-bond donors (Lipinski definition) is 1. The molecular weight excluding hydrogens is 160 g/mol. The van der Waals surface area contributed by atoms with E-state index >= 15 is 0 Å². The average Bonchev–Trinajstić information content (AvgIpc) is 2.67. The minimum atomic E-state index is 0.521. The highest BCUT2D eigenvalue weighted by Crippen LogP contribution is 2.27. The zero-order valence-electron chi connectivity index (χ0n) is 9.14. The van der Waals surface area contributed by atoms with Gasteiger partial charge in [-0.2, -0.15) is 0 Å². The van der Waals surface area contributed by atoms with Gasteiger partial charge in [-0.05, 0) is 26.2 Å². The van der Waals surface area contributed by atoms with Gasteiger partial charge in [0.15, 0.2) is 0 Å². The molecule has 1 fully saturated rings. The van der Waals surface area contributed by atoms with Crippen LogP contribution in [0.15, 0.2) is 0 Å². The second-order valence-corrected chi connectivity index (χ2v) is 4.23. The molecule has 0 aromatic carbocycles. The average molecular weight is 182 g/mol. The second kappa shape index (κ2) is 4.64. The van der Waals surface area contributed by atoms with Gasteiger partial charge in [0.1, 0.15) is 0 Å². The number of hydrogen-bond acceptors (Lipinski definition) is 1. The van der Waals surface area contributed by atoms with Gasteiger partial charge < -0.3 is 4.90 Å². The highest BCUT2D eigenvalue weighted by Gasteiger charge is 2.23. The van der Waals surface area contributed by atoms with Crippen molar-refractivity contribution in [1.29, 1.82) is 5.41 Å². The van der Waals surface area contributed by atoms with Gasteiger partial charge in [0.25, 0.3) is 0 Å². The van der Waals surface area contributed by atoms with Crippen LogP contribution in [-0.4, -0.2) is 23.8 Å². The molecule has 1 N–H and O–H groups in total. The lowest BCUT2D eigenvalue weighted by molar-refractivity contribution is 0.357. The summed E-state index contributed by atoms with van der Waals surface area (Å²) >= 11 is 0. The first kappa shape index (κ1) is 10.6. The summed E-state index contributed by atoms with van der Waals surface area (Å²) < 4.78 is 0. The van der Waals surface area contributed by atoms with Crippen molar-refractivity contribution in [2.24, 2.45) is 5.92 Å². The van der Waals surface area contributed by atoms with E-state index in [4.69, 9.17) is 5.41 Å². The molecule has 0 radical (unpaired) electrons. The summed E-state index contributed by atoms with van der Waals surface area (Å²) in [7, 11) is 2.06. The van der Waals surface area contributed by atoms with Gasteiger partial charge >= 0.3 is 0 Å². The van der Waals surface area contributed by atoms with E-state index < -0.39 is 0 Å². The van der Waals surface area contributed by atoms with Crippen LogP contribution in [0.25, 0.3) is 0 Å². The van der Waals surface area contributed by atoms with E-state index in [1.807, 2.05) is 0 Å². The number of nitrogens with one attached hydrogen (secondary N) is 1. The van der Waals surface area contributed by atoms with Crippen LogP contribution in [0, 0.1) is 11.3 Å². The Bertz CT molecular complexity index is 171. The largest absolute Gasteiger partial charge is 0.361 e. The van der Waals surface area contributed by atoms with E-state index in [-0.39, 0.29) is 0 Å². The van der Waals surface area contributed by atoms with Crippen LogP contribution in [0.2, 0.25) is 0 Å². The van der Waals surface area contributed by atoms with Crippen molar-refractivity contribution in [2.45, 2.75) is 52.0 Å². The maximum atomic E-state index is 8.05. The Morgan fingerprint density at radius 3 is 2.46 bits per heavy atom. The fourth-order valence-corrected chi connectivity index (χ4v) is 2.00. The molecule has 2 heteroatoms. The Balaban J connectivity index is 2.45. The molecule has 2 nitrogen and oxygen atoms in total. The normalized spacial score (nSPS) is 20.2. The standard InChI is InChI=1S/C11H22N2/c1-4-9(2)13(3)11(12)10-7-5-6-8-10/h9-10,12H,4-8H2,1-3H3.